The normalized spacial score (nSPS) is 11.1. The van der Waals surface area contributed by atoms with E-state index in [1.54, 1.807) is 48.7 Å². The summed E-state index contributed by atoms with van der Waals surface area (Å²) < 4.78 is 11.8. The van der Waals surface area contributed by atoms with E-state index in [4.69, 9.17) is 14.5 Å². The Balaban J connectivity index is 2.03. The van der Waals surface area contributed by atoms with Gasteiger partial charge in [-0.25, -0.2) is 4.98 Å². The number of aromatic nitrogens is 1. The van der Waals surface area contributed by atoms with Crippen LogP contribution in [0.5, 0.6) is 11.5 Å². The van der Waals surface area contributed by atoms with Crippen molar-refractivity contribution in [3.63, 3.8) is 0 Å². The van der Waals surface area contributed by atoms with Crippen LogP contribution < -0.4 is 14.4 Å². The molecule has 0 aliphatic carbocycles. The monoisotopic (exact) mass is 413 g/mol. The molecule has 1 amide bonds. The minimum absolute atomic E-state index is 0.110. The summed E-state index contributed by atoms with van der Waals surface area (Å²) in [6.45, 7) is 5.41. The number of methoxy groups -OCH3 is 2. The average molecular weight is 414 g/mol. The van der Waals surface area contributed by atoms with Crippen LogP contribution in [0, 0.1) is 13.8 Å². The average Bonchev–Trinajstić information content (AvgIpc) is 3.11. The Labute approximate surface area is 175 Å². The molecule has 0 fully saturated rings. The summed E-state index contributed by atoms with van der Waals surface area (Å²) in [6, 6.07) is 9.43. The smallest absolute Gasteiger partial charge is 0.260 e. The van der Waals surface area contributed by atoms with Crippen LogP contribution in [-0.2, 0) is 0 Å². The molecule has 0 bridgehead atoms. The van der Waals surface area contributed by atoms with Crippen molar-refractivity contribution in [2.45, 2.75) is 13.8 Å². The maximum atomic E-state index is 13.4. The molecule has 0 aliphatic heterocycles. The van der Waals surface area contributed by atoms with Gasteiger partial charge in [-0.15, -0.1) is 0 Å². The van der Waals surface area contributed by atoms with Gasteiger partial charge < -0.3 is 14.4 Å². The number of carbonyl (C=O) groups is 1. The lowest BCUT2D eigenvalue weighted by atomic mass is 10.1. The standard InChI is InChI=1S/C22H27N3O3S/c1-14-11-15(2)20-17(12-14)23-22(29-20)25(10-9-24(3)4)21(26)16-7-8-18(27-5)19(13-16)28-6/h7-8,11-13H,9-10H2,1-6H3. The van der Waals surface area contributed by atoms with Crippen molar-refractivity contribution in [2.75, 3.05) is 46.3 Å². The van der Waals surface area contributed by atoms with Crippen LogP contribution in [0.4, 0.5) is 5.13 Å². The van der Waals surface area contributed by atoms with Gasteiger partial charge in [0.25, 0.3) is 5.91 Å². The van der Waals surface area contributed by atoms with Crippen molar-refractivity contribution in [1.29, 1.82) is 0 Å². The largest absolute Gasteiger partial charge is 0.493 e. The Morgan fingerprint density at radius 2 is 1.76 bits per heavy atom. The number of anilines is 1. The molecule has 7 heteroatoms. The van der Waals surface area contributed by atoms with Gasteiger partial charge in [0.05, 0.1) is 24.4 Å². The molecule has 1 heterocycles. The van der Waals surface area contributed by atoms with Gasteiger partial charge in [-0.2, -0.15) is 0 Å². The molecule has 6 nitrogen and oxygen atoms in total. The molecule has 0 N–H and O–H groups in total. The number of aryl methyl sites for hydroxylation is 2. The number of hydrogen-bond donors (Lipinski definition) is 0. The molecule has 29 heavy (non-hydrogen) atoms. The van der Waals surface area contributed by atoms with E-state index in [-0.39, 0.29) is 5.91 Å². The van der Waals surface area contributed by atoms with Crippen molar-refractivity contribution >= 4 is 32.6 Å². The molecule has 154 valence electrons. The van der Waals surface area contributed by atoms with Crippen molar-refractivity contribution in [2.24, 2.45) is 0 Å². The summed E-state index contributed by atoms with van der Waals surface area (Å²) in [5.41, 5.74) is 3.80. The molecule has 0 unspecified atom stereocenters. The highest BCUT2D eigenvalue weighted by Crippen LogP contribution is 2.34. The molecule has 0 saturated heterocycles. The molecule has 0 radical (unpaired) electrons. The highest BCUT2D eigenvalue weighted by Gasteiger charge is 2.23. The fourth-order valence-corrected chi connectivity index (χ4v) is 4.23. The third kappa shape index (κ3) is 4.52. The third-order valence-corrected chi connectivity index (χ3v) is 5.92. The van der Waals surface area contributed by atoms with Crippen LogP contribution in [0.25, 0.3) is 10.2 Å². The summed E-state index contributed by atoms with van der Waals surface area (Å²) in [5.74, 6) is 1.01. The Morgan fingerprint density at radius 1 is 1.03 bits per heavy atom. The van der Waals surface area contributed by atoms with Gasteiger partial charge in [0.2, 0.25) is 0 Å². The van der Waals surface area contributed by atoms with Crippen LogP contribution in [0.2, 0.25) is 0 Å². The lowest BCUT2D eigenvalue weighted by Gasteiger charge is -2.22. The molecule has 2 aromatic carbocycles. The number of thiazole rings is 1. The van der Waals surface area contributed by atoms with Gasteiger partial charge in [0.1, 0.15) is 0 Å². The summed E-state index contributed by atoms with van der Waals surface area (Å²) in [6.07, 6.45) is 0. The number of benzene rings is 2. The van der Waals surface area contributed by atoms with Gasteiger partial charge >= 0.3 is 0 Å². The Hall–Kier alpha value is -2.64. The molecule has 3 aromatic rings. The first kappa shape index (κ1) is 21.1. The second-order valence-corrected chi connectivity index (χ2v) is 8.23. The summed E-state index contributed by atoms with van der Waals surface area (Å²) >= 11 is 1.55. The maximum absolute atomic E-state index is 13.4. The Bertz CT molecular complexity index is 1030. The van der Waals surface area contributed by atoms with E-state index in [0.29, 0.717) is 28.7 Å². The van der Waals surface area contributed by atoms with E-state index < -0.39 is 0 Å². The van der Waals surface area contributed by atoms with Gasteiger partial charge in [-0.1, -0.05) is 17.4 Å². The fraction of sp³-hybridized carbons (Fsp3) is 0.364. The number of ether oxygens (including phenoxy) is 2. The van der Waals surface area contributed by atoms with Crippen LogP contribution in [0.15, 0.2) is 30.3 Å². The van der Waals surface area contributed by atoms with Gasteiger partial charge in [0, 0.05) is 18.7 Å². The number of nitrogens with zero attached hydrogens (tertiary/aromatic N) is 3. The zero-order valence-corrected chi connectivity index (χ0v) is 18.6. The minimum atomic E-state index is -0.110. The predicted molar refractivity (Wildman–Crippen MR) is 119 cm³/mol. The number of hydrogen-bond acceptors (Lipinski definition) is 6. The van der Waals surface area contributed by atoms with Crippen molar-refractivity contribution in [3.05, 3.63) is 47.0 Å². The van der Waals surface area contributed by atoms with Gasteiger partial charge in [-0.3, -0.25) is 9.69 Å². The number of likely N-dealkylation sites (N-methyl/N-ethyl adjacent to an activating group) is 1. The zero-order valence-electron chi connectivity index (χ0n) is 17.8. The number of carbonyl (C=O) groups excluding carboxylic acids is 1. The predicted octanol–water partition coefficient (Wildman–Crippen LogP) is 4.14. The number of fused-ring (bicyclic) bond motifs is 1. The van der Waals surface area contributed by atoms with E-state index in [2.05, 4.69) is 30.9 Å². The van der Waals surface area contributed by atoms with Crippen LogP contribution in [-0.4, -0.2) is 57.2 Å². The molecule has 0 spiro atoms. The van der Waals surface area contributed by atoms with Gasteiger partial charge in [-0.05, 0) is 63.3 Å². The SMILES string of the molecule is COc1ccc(C(=O)N(CCN(C)C)c2nc3cc(C)cc(C)c3s2)cc1OC. The molecule has 1 aromatic heterocycles. The Kier molecular flexibility index (Phi) is 6.39. The molecule has 0 atom stereocenters. The summed E-state index contributed by atoms with van der Waals surface area (Å²) in [5, 5.41) is 0.704. The number of amides is 1. The molecular weight excluding hydrogens is 386 g/mol. The molecular formula is C22H27N3O3S. The third-order valence-electron chi connectivity index (χ3n) is 4.69. The first-order chi connectivity index (χ1) is 13.8. The summed E-state index contributed by atoms with van der Waals surface area (Å²) in [4.78, 5) is 22.0. The highest BCUT2D eigenvalue weighted by atomic mass is 32.1. The summed E-state index contributed by atoms with van der Waals surface area (Å²) in [7, 11) is 7.12. The van der Waals surface area contributed by atoms with Gasteiger partial charge in [0.15, 0.2) is 16.6 Å². The van der Waals surface area contributed by atoms with Crippen molar-refractivity contribution in [1.82, 2.24) is 9.88 Å². The molecule has 3 rings (SSSR count). The van der Waals surface area contributed by atoms with E-state index in [9.17, 15) is 4.79 Å². The molecule has 0 aliphatic rings. The maximum Gasteiger partial charge on any atom is 0.260 e. The van der Waals surface area contributed by atoms with Crippen molar-refractivity contribution in [3.8, 4) is 11.5 Å². The lowest BCUT2D eigenvalue weighted by Crippen LogP contribution is -2.36. The first-order valence-corrected chi connectivity index (χ1v) is 10.2. The second kappa shape index (κ2) is 8.80. The number of rotatable bonds is 7. The van der Waals surface area contributed by atoms with Crippen LogP contribution in [0.3, 0.4) is 0 Å². The zero-order chi connectivity index (χ0) is 21.1. The second-order valence-electron chi connectivity index (χ2n) is 7.26. The first-order valence-electron chi connectivity index (χ1n) is 9.40. The highest BCUT2D eigenvalue weighted by molar-refractivity contribution is 7.22. The van der Waals surface area contributed by atoms with E-state index in [0.717, 1.165) is 22.3 Å². The van der Waals surface area contributed by atoms with Crippen LogP contribution in [0.1, 0.15) is 21.5 Å². The minimum Gasteiger partial charge on any atom is -0.493 e. The molecule has 0 saturated carbocycles. The van der Waals surface area contributed by atoms with E-state index in [1.807, 2.05) is 14.1 Å². The van der Waals surface area contributed by atoms with E-state index >= 15 is 0 Å². The van der Waals surface area contributed by atoms with E-state index in [1.165, 1.54) is 5.56 Å². The quantitative estimate of drug-likeness (QED) is 0.583. The Morgan fingerprint density at radius 3 is 2.41 bits per heavy atom. The topological polar surface area (TPSA) is 54.9 Å². The lowest BCUT2D eigenvalue weighted by molar-refractivity contribution is 0.0985. The van der Waals surface area contributed by atoms with Crippen molar-refractivity contribution < 1.29 is 14.3 Å². The fourth-order valence-electron chi connectivity index (χ4n) is 3.19. The van der Waals surface area contributed by atoms with Crippen LogP contribution >= 0.6 is 11.3 Å².